The number of carbonyl (C=O) groups is 2. The molecule has 0 aromatic heterocycles. The normalized spacial score (nSPS) is 20.7. The number of carboxylic acids is 1. The molecule has 2 rings (SSSR count). The van der Waals surface area contributed by atoms with Gasteiger partial charge in [-0.05, 0) is 38.3 Å². The molecule has 1 aromatic carbocycles. The van der Waals surface area contributed by atoms with Gasteiger partial charge in [-0.25, -0.2) is 8.78 Å². The van der Waals surface area contributed by atoms with Crippen LogP contribution in [-0.4, -0.2) is 41.1 Å². The first-order chi connectivity index (χ1) is 11.4. The number of nitrogens with zero attached hydrogens (tertiary/aromatic N) is 1. The molecule has 0 spiro atoms. The lowest BCUT2D eigenvalue weighted by Gasteiger charge is -2.37. The number of aliphatic carboxylic acids is 1. The zero-order valence-electron chi connectivity index (χ0n) is 13.5. The van der Waals surface area contributed by atoms with E-state index in [9.17, 15) is 23.5 Å². The van der Waals surface area contributed by atoms with Gasteiger partial charge < -0.3 is 14.7 Å². The molecule has 7 heteroatoms. The van der Waals surface area contributed by atoms with Gasteiger partial charge in [0.05, 0.1) is 12.5 Å². The lowest BCUT2D eigenvalue weighted by Crippen LogP contribution is -2.49. The summed E-state index contributed by atoms with van der Waals surface area (Å²) in [5, 5.41) is 9.17. The van der Waals surface area contributed by atoms with Gasteiger partial charge in [-0.3, -0.25) is 9.59 Å². The molecular formula is C17H21F2NO4. The molecule has 1 aliphatic rings. The Morgan fingerprint density at radius 2 is 2.12 bits per heavy atom. The Hall–Kier alpha value is -2.18. The molecule has 0 radical (unpaired) electrons. The van der Waals surface area contributed by atoms with Gasteiger partial charge in [0.15, 0.2) is 11.6 Å². The molecule has 132 valence electrons. The van der Waals surface area contributed by atoms with E-state index in [1.54, 1.807) is 11.8 Å². The highest BCUT2D eigenvalue weighted by atomic mass is 19.1. The Morgan fingerprint density at radius 3 is 2.79 bits per heavy atom. The van der Waals surface area contributed by atoms with E-state index in [1.807, 2.05) is 0 Å². The minimum Gasteiger partial charge on any atom is -0.491 e. The predicted octanol–water partition coefficient (Wildman–Crippen LogP) is 2.84. The fraction of sp³-hybridized carbons (Fsp3) is 0.529. The first-order valence-corrected chi connectivity index (χ1v) is 8.00. The lowest BCUT2D eigenvalue weighted by molar-refractivity contribution is -0.149. The van der Waals surface area contributed by atoms with E-state index in [0.717, 1.165) is 12.1 Å². The summed E-state index contributed by atoms with van der Waals surface area (Å²) in [6, 6.07) is 2.71. The van der Waals surface area contributed by atoms with Crippen molar-refractivity contribution in [1.29, 1.82) is 0 Å². The van der Waals surface area contributed by atoms with Crippen molar-refractivity contribution >= 4 is 11.9 Å². The monoisotopic (exact) mass is 341 g/mol. The number of hydrogen-bond donors (Lipinski definition) is 1. The molecule has 1 amide bonds. The fourth-order valence-corrected chi connectivity index (χ4v) is 2.97. The number of carbonyl (C=O) groups excluding carboxylic acids is 1. The Bertz CT molecular complexity index is 608. The van der Waals surface area contributed by atoms with E-state index in [2.05, 4.69) is 0 Å². The maximum absolute atomic E-state index is 13.4. The number of amides is 1. The van der Waals surface area contributed by atoms with E-state index in [-0.39, 0.29) is 30.7 Å². The molecule has 1 N–H and O–H groups in total. The van der Waals surface area contributed by atoms with E-state index < -0.39 is 23.5 Å². The Labute approximate surface area is 139 Å². The van der Waals surface area contributed by atoms with Crippen LogP contribution in [0.15, 0.2) is 18.2 Å². The van der Waals surface area contributed by atoms with Crippen molar-refractivity contribution in [2.75, 3.05) is 13.2 Å². The maximum Gasteiger partial charge on any atom is 0.308 e. The van der Waals surface area contributed by atoms with Gasteiger partial charge in [0, 0.05) is 25.1 Å². The molecule has 2 atom stereocenters. The van der Waals surface area contributed by atoms with Crippen molar-refractivity contribution < 1.29 is 28.2 Å². The number of likely N-dealkylation sites (tertiary alicyclic amines) is 1. The number of hydrogen-bond acceptors (Lipinski definition) is 3. The third kappa shape index (κ3) is 4.43. The second-order valence-electron chi connectivity index (χ2n) is 5.94. The van der Waals surface area contributed by atoms with Crippen LogP contribution in [0.5, 0.6) is 5.75 Å². The van der Waals surface area contributed by atoms with Crippen LogP contribution in [0.3, 0.4) is 0 Å². The Kier molecular flexibility index (Phi) is 6.11. The maximum atomic E-state index is 13.4. The summed E-state index contributed by atoms with van der Waals surface area (Å²) in [4.78, 5) is 25.0. The smallest absolute Gasteiger partial charge is 0.308 e. The fourth-order valence-electron chi connectivity index (χ4n) is 2.97. The van der Waals surface area contributed by atoms with E-state index >= 15 is 0 Å². The molecule has 0 bridgehead atoms. The second-order valence-corrected chi connectivity index (χ2v) is 5.94. The summed E-state index contributed by atoms with van der Waals surface area (Å²) in [6.45, 7) is 2.43. The average molecular weight is 341 g/mol. The minimum absolute atomic E-state index is 0.0545. The molecule has 5 nitrogen and oxygen atoms in total. The summed E-state index contributed by atoms with van der Waals surface area (Å²) in [7, 11) is 0. The van der Waals surface area contributed by atoms with Crippen LogP contribution < -0.4 is 4.74 Å². The Balaban J connectivity index is 1.79. The molecule has 1 aliphatic heterocycles. The topological polar surface area (TPSA) is 66.8 Å². The van der Waals surface area contributed by atoms with Gasteiger partial charge in [0.25, 0.3) is 0 Å². The van der Waals surface area contributed by atoms with E-state index in [4.69, 9.17) is 4.74 Å². The summed E-state index contributed by atoms with van der Waals surface area (Å²) in [5.41, 5.74) is 0. The third-order valence-corrected chi connectivity index (χ3v) is 4.31. The van der Waals surface area contributed by atoms with Gasteiger partial charge in [0.1, 0.15) is 5.82 Å². The zero-order valence-corrected chi connectivity index (χ0v) is 13.5. The van der Waals surface area contributed by atoms with Crippen LogP contribution in [0.4, 0.5) is 8.78 Å². The molecule has 1 fully saturated rings. The van der Waals surface area contributed by atoms with E-state index in [0.29, 0.717) is 25.8 Å². The van der Waals surface area contributed by atoms with Gasteiger partial charge in [-0.15, -0.1) is 0 Å². The van der Waals surface area contributed by atoms with Crippen LogP contribution in [-0.2, 0) is 9.59 Å². The van der Waals surface area contributed by atoms with Gasteiger partial charge in [0.2, 0.25) is 5.91 Å². The van der Waals surface area contributed by atoms with Gasteiger partial charge in [-0.1, -0.05) is 0 Å². The van der Waals surface area contributed by atoms with Gasteiger partial charge in [-0.2, -0.15) is 0 Å². The quantitative estimate of drug-likeness (QED) is 0.808. The summed E-state index contributed by atoms with van der Waals surface area (Å²) < 4.78 is 31.4. The lowest BCUT2D eigenvalue weighted by atomic mass is 9.90. The summed E-state index contributed by atoms with van der Waals surface area (Å²) in [6.07, 6.45) is 1.81. The number of carboxylic acid groups (broad SMARTS) is 1. The van der Waals surface area contributed by atoms with Crippen LogP contribution in [0.25, 0.3) is 0 Å². The van der Waals surface area contributed by atoms with Crippen molar-refractivity contribution in [2.24, 2.45) is 5.92 Å². The number of benzene rings is 1. The second kappa shape index (κ2) is 8.08. The molecule has 0 saturated carbocycles. The number of halogens is 2. The SMILES string of the molecule is C[C@@H]1[C@H](C(=O)O)CCCN1C(=O)CCCOc1ccc(F)cc1F. The molecule has 0 aliphatic carbocycles. The Morgan fingerprint density at radius 1 is 1.38 bits per heavy atom. The first kappa shape index (κ1) is 18.2. The highest BCUT2D eigenvalue weighted by Gasteiger charge is 2.34. The van der Waals surface area contributed by atoms with Crippen molar-refractivity contribution in [3.05, 3.63) is 29.8 Å². The summed E-state index contributed by atoms with van der Waals surface area (Å²) >= 11 is 0. The highest BCUT2D eigenvalue weighted by Crippen LogP contribution is 2.24. The number of ether oxygens (including phenoxy) is 1. The van der Waals surface area contributed by atoms with Gasteiger partial charge >= 0.3 is 5.97 Å². The third-order valence-electron chi connectivity index (χ3n) is 4.31. The highest BCUT2D eigenvalue weighted by molar-refractivity contribution is 5.78. The van der Waals surface area contributed by atoms with Crippen molar-refractivity contribution in [3.8, 4) is 5.75 Å². The standard InChI is InChI=1S/C17H21F2NO4/c1-11-13(17(22)23)4-2-8-20(11)16(21)5-3-9-24-15-7-6-12(18)10-14(15)19/h6-7,10-11,13H,2-5,8-9H2,1H3,(H,22,23)/t11-,13-/m1/s1. The van der Waals surface area contributed by atoms with Crippen molar-refractivity contribution in [3.63, 3.8) is 0 Å². The predicted molar refractivity (Wildman–Crippen MR) is 82.6 cm³/mol. The summed E-state index contributed by atoms with van der Waals surface area (Å²) in [5.74, 6) is -3.06. The largest absolute Gasteiger partial charge is 0.491 e. The molecule has 1 aromatic rings. The number of rotatable bonds is 6. The van der Waals surface area contributed by atoms with Crippen LogP contribution in [0.1, 0.15) is 32.6 Å². The average Bonchev–Trinajstić information content (AvgIpc) is 2.52. The van der Waals surface area contributed by atoms with Crippen molar-refractivity contribution in [2.45, 2.75) is 38.6 Å². The molecular weight excluding hydrogens is 320 g/mol. The zero-order chi connectivity index (χ0) is 17.7. The number of piperidine rings is 1. The van der Waals surface area contributed by atoms with Crippen molar-refractivity contribution in [1.82, 2.24) is 4.90 Å². The van der Waals surface area contributed by atoms with Crippen LogP contribution in [0, 0.1) is 17.6 Å². The molecule has 1 saturated heterocycles. The molecule has 0 unspecified atom stereocenters. The minimum atomic E-state index is -0.880. The first-order valence-electron chi connectivity index (χ1n) is 8.00. The molecule has 24 heavy (non-hydrogen) atoms. The van der Waals surface area contributed by atoms with E-state index in [1.165, 1.54) is 6.07 Å². The van der Waals surface area contributed by atoms with Crippen LogP contribution in [0.2, 0.25) is 0 Å². The van der Waals surface area contributed by atoms with Crippen LogP contribution >= 0.6 is 0 Å². The molecule has 1 heterocycles.